The second-order valence-electron chi connectivity index (χ2n) is 2.90. The van der Waals surface area contributed by atoms with Gasteiger partial charge in [-0.15, -0.1) is 0 Å². The van der Waals surface area contributed by atoms with Crippen LogP contribution in [0, 0.1) is 0 Å². The van der Waals surface area contributed by atoms with E-state index in [1.54, 1.807) is 6.20 Å². The zero-order valence-electron chi connectivity index (χ0n) is 7.37. The Labute approximate surface area is 84.9 Å². The summed E-state index contributed by atoms with van der Waals surface area (Å²) in [4.78, 5) is 4.29. The second-order valence-corrected chi connectivity index (χ2v) is 3.75. The minimum Gasteiger partial charge on any atom is -0.247 e. The third-order valence-electron chi connectivity index (χ3n) is 1.92. The van der Waals surface area contributed by atoms with Crippen LogP contribution in [0.15, 0.2) is 22.9 Å². The maximum Gasteiger partial charge on any atom is 0.158 e. The summed E-state index contributed by atoms with van der Waals surface area (Å²) < 4.78 is 2.99. The van der Waals surface area contributed by atoms with Gasteiger partial charge in [-0.1, -0.05) is 6.92 Å². The van der Waals surface area contributed by atoms with E-state index in [1.807, 2.05) is 16.9 Å². The molecule has 0 radical (unpaired) electrons. The molecule has 0 unspecified atom stereocenters. The number of halogens is 1. The van der Waals surface area contributed by atoms with Gasteiger partial charge in [-0.25, -0.2) is 9.67 Å². The number of aryl methyl sites for hydroxylation is 1. The highest BCUT2D eigenvalue weighted by Gasteiger charge is 2.04. The van der Waals surface area contributed by atoms with Crippen LogP contribution in [0.5, 0.6) is 0 Å². The molecule has 0 saturated heterocycles. The Balaban J connectivity index is 2.61. The lowest BCUT2D eigenvalue weighted by Gasteiger charge is -1.99. The number of hydrogen-bond donors (Lipinski definition) is 0. The normalized spacial score (nSPS) is 10.9. The molecule has 0 amide bonds. The summed E-state index contributed by atoms with van der Waals surface area (Å²) in [6.07, 6.45) is 4.72. The first-order valence-electron chi connectivity index (χ1n) is 4.29. The Hall–Kier alpha value is -0.900. The standard InChI is InChI=1S/C9H10BrN3/c1-2-5-13-9-7(6-12-13)8(10)3-4-11-9/h3-4,6H,2,5H2,1H3. The molecule has 0 spiro atoms. The molecule has 2 aromatic rings. The first kappa shape index (κ1) is 8.69. The van der Waals surface area contributed by atoms with Gasteiger partial charge in [0.25, 0.3) is 0 Å². The molecule has 0 bridgehead atoms. The molecule has 2 heterocycles. The summed E-state index contributed by atoms with van der Waals surface area (Å²) in [5.41, 5.74) is 0.955. The van der Waals surface area contributed by atoms with Crippen LogP contribution >= 0.6 is 15.9 Å². The van der Waals surface area contributed by atoms with Crippen molar-refractivity contribution in [2.45, 2.75) is 19.9 Å². The minimum absolute atomic E-state index is 0.924. The summed E-state index contributed by atoms with van der Waals surface area (Å²) >= 11 is 3.47. The van der Waals surface area contributed by atoms with Gasteiger partial charge in [-0.2, -0.15) is 5.10 Å². The van der Waals surface area contributed by atoms with Crippen molar-refractivity contribution in [1.82, 2.24) is 14.8 Å². The monoisotopic (exact) mass is 239 g/mol. The highest BCUT2D eigenvalue weighted by molar-refractivity contribution is 9.10. The van der Waals surface area contributed by atoms with E-state index in [9.17, 15) is 0 Å². The van der Waals surface area contributed by atoms with E-state index in [1.165, 1.54) is 0 Å². The van der Waals surface area contributed by atoms with E-state index in [2.05, 4.69) is 32.9 Å². The number of rotatable bonds is 2. The van der Waals surface area contributed by atoms with Crippen LogP contribution in [0.25, 0.3) is 11.0 Å². The van der Waals surface area contributed by atoms with Crippen molar-refractivity contribution < 1.29 is 0 Å². The molecular formula is C9H10BrN3. The predicted octanol–water partition coefficient (Wildman–Crippen LogP) is 2.60. The number of aromatic nitrogens is 3. The van der Waals surface area contributed by atoms with Crippen molar-refractivity contribution in [3.05, 3.63) is 22.9 Å². The van der Waals surface area contributed by atoms with Gasteiger partial charge in [0.1, 0.15) is 0 Å². The highest BCUT2D eigenvalue weighted by Crippen LogP contribution is 2.21. The van der Waals surface area contributed by atoms with Crippen LogP contribution in [0.2, 0.25) is 0 Å². The lowest BCUT2D eigenvalue weighted by Crippen LogP contribution is -1.99. The Kier molecular flexibility index (Phi) is 2.31. The average Bonchev–Trinajstić information content (AvgIpc) is 2.51. The minimum atomic E-state index is 0.924. The molecule has 0 saturated carbocycles. The molecule has 0 N–H and O–H groups in total. The molecular weight excluding hydrogens is 230 g/mol. The fraction of sp³-hybridized carbons (Fsp3) is 0.333. The third-order valence-corrected chi connectivity index (χ3v) is 2.61. The maximum absolute atomic E-state index is 4.29. The van der Waals surface area contributed by atoms with E-state index in [0.29, 0.717) is 0 Å². The summed E-state index contributed by atoms with van der Waals surface area (Å²) in [6, 6.07) is 1.93. The van der Waals surface area contributed by atoms with Crippen LogP contribution in [0.4, 0.5) is 0 Å². The van der Waals surface area contributed by atoms with Gasteiger partial charge in [0, 0.05) is 17.2 Å². The fourth-order valence-corrected chi connectivity index (χ4v) is 1.72. The molecule has 0 aliphatic heterocycles. The van der Waals surface area contributed by atoms with Gasteiger partial charge in [0.2, 0.25) is 0 Å². The van der Waals surface area contributed by atoms with Crippen LogP contribution in [0.1, 0.15) is 13.3 Å². The van der Waals surface area contributed by atoms with E-state index in [0.717, 1.165) is 28.5 Å². The zero-order chi connectivity index (χ0) is 9.26. The molecule has 4 heteroatoms. The van der Waals surface area contributed by atoms with Crippen LogP contribution in [-0.2, 0) is 6.54 Å². The van der Waals surface area contributed by atoms with Crippen molar-refractivity contribution >= 4 is 27.0 Å². The first-order chi connectivity index (χ1) is 6.33. The van der Waals surface area contributed by atoms with Crippen LogP contribution < -0.4 is 0 Å². The first-order valence-corrected chi connectivity index (χ1v) is 5.08. The maximum atomic E-state index is 4.29. The molecule has 0 fully saturated rings. The number of pyridine rings is 1. The topological polar surface area (TPSA) is 30.7 Å². The lowest BCUT2D eigenvalue weighted by atomic mass is 10.3. The Bertz CT molecular complexity index is 422. The Morgan fingerprint density at radius 1 is 1.54 bits per heavy atom. The SMILES string of the molecule is CCCn1ncc2c(Br)ccnc21. The number of hydrogen-bond acceptors (Lipinski definition) is 2. The van der Waals surface area contributed by atoms with Gasteiger partial charge in [-0.3, -0.25) is 0 Å². The third kappa shape index (κ3) is 1.46. The van der Waals surface area contributed by atoms with Crippen molar-refractivity contribution in [2.24, 2.45) is 0 Å². The fourth-order valence-electron chi connectivity index (χ4n) is 1.32. The van der Waals surface area contributed by atoms with Gasteiger partial charge < -0.3 is 0 Å². The van der Waals surface area contributed by atoms with E-state index < -0.39 is 0 Å². The van der Waals surface area contributed by atoms with E-state index >= 15 is 0 Å². The molecule has 68 valence electrons. The van der Waals surface area contributed by atoms with Gasteiger partial charge >= 0.3 is 0 Å². The quantitative estimate of drug-likeness (QED) is 0.807. The number of fused-ring (bicyclic) bond motifs is 1. The van der Waals surface area contributed by atoms with E-state index in [-0.39, 0.29) is 0 Å². The lowest BCUT2D eigenvalue weighted by molar-refractivity contribution is 0.617. The van der Waals surface area contributed by atoms with E-state index in [4.69, 9.17) is 0 Å². The largest absolute Gasteiger partial charge is 0.247 e. The van der Waals surface area contributed by atoms with Crippen LogP contribution in [-0.4, -0.2) is 14.8 Å². The molecule has 0 aliphatic carbocycles. The number of nitrogens with zero attached hydrogens (tertiary/aromatic N) is 3. The predicted molar refractivity (Wildman–Crippen MR) is 55.5 cm³/mol. The Morgan fingerprint density at radius 3 is 3.15 bits per heavy atom. The summed E-state index contributed by atoms with van der Waals surface area (Å²) in [6.45, 7) is 3.05. The molecule has 0 atom stereocenters. The molecule has 13 heavy (non-hydrogen) atoms. The van der Waals surface area contributed by atoms with Crippen LogP contribution in [0.3, 0.4) is 0 Å². The van der Waals surface area contributed by atoms with Gasteiger partial charge in [0.05, 0.1) is 11.6 Å². The summed E-state index contributed by atoms with van der Waals surface area (Å²) in [7, 11) is 0. The average molecular weight is 240 g/mol. The summed E-state index contributed by atoms with van der Waals surface area (Å²) in [5, 5.41) is 5.35. The zero-order valence-corrected chi connectivity index (χ0v) is 8.95. The molecule has 0 aromatic carbocycles. The van der Waals surface area contributed by atoms with Crippen molar-refractivity contribution in [3.8, 4) is 0 Å². The van der Waals surface area contributed by atoms with Crippen molar-refractivity contribution in [1.29, 1.82) is 0 Å². The van der Waals surface area contributed by atoms with Gasteiger partial charge in [-0.05, 0) is 28.4 Å². The molecule has 2 aromatic heterocycles. The van der Waals surface area contributed by atoms with Crippen molar-refractivity contribution in [2.75, 3.05) is 0 Å². The smallest absolute Gasteiger partial charge is 0.158 e. The molecule has 3 nitrogen and oxygen atoms in total. The second kappa shape index (κ2) is 3.46. The van der Waals surface area contributed by atoms with Gasteiger partial charge in [0.15, 0.2) is 5.65 Å². The van der Waals surface area contributed by atoms with Crippen molar-refractivity contribution in [3.63, 3.8) is 0 Å². The molecule has 0 aliphatic rings. The molecule has 2 rings (SSSR count). The summed E-state index contributed by atoms with van der Waals surface area (Å²) in [5.74, 6) is 0. The Morgan fingerprint density at radius 2 is 2.38 bits per heavy atom. The highest BCUT2D eigenvalue weighted by atomic mass is 79.9.